The molecule has 9 heavy (non-hydrogen) atoms. The molecule has 0 bridgehead atoms. The molecule has 0 nitrogen and oxygen atoms in total. The Morgan fingerprint density at radius 3 is 2.78 bits per heavy atom. The van der Waals surface area contributed by atoms with E-state index in [0.717, 1.165) is 0 Å². The predicted octanol–water partition coefficient (Wildman–Crippen LogP) is 3.26. The summed E-state index contributed by atoms with van der Waals surface area (Å²) in [6.07, 6.45) is 5.86. The molecule has 0 spiro atoms. The van der Waals surface area contributed by atoms with E-state index in [2.05, 4.69) is 19.3 Å². The average molecular weight is 144 g/mol. The van der Waals surface area contributed by atoms with Crippen molar-refractivity contribution in [2.24, 2.45) is 0 Å². The molecule has 0 saturated heterocycles. The van der Waals surface area contributed by atoms with Gasteiger partial charge >= 0.3 is 0 Å². The summed E-state index contributed by atoms with van der Waals surface area (Å²) in [5.74, 6) is 3.30. The highest BCUT2D eigenvalue weighted by Crippen LogP contribution is 2.08. The Morgan fingerprint density at radius 1 is 1.44 bits per heavy atom. The molecule has 0 unspecified atom stereocenters. The van der Waals surface area contributed by atoms with Crippen LogP contribution in [0.5, 0.6) is 0 Å². The molecular weight excluding hydrogens is 129 g/mol. The molecule has 0 N–H and O–H groups in total. The summed E-state index contributed by atoms with van der Waals surface area (Å²) in [7, 11) is 0. The number of unbranched alkanes of at least 4 members (excludes halogenated alkanes) is 2. The molecule has 0 aliphatic heterocycles. The molecule has 0 aromatic rings. The Morgan fingerprint density at radius 2 is 2.22 bits per heavy atom. The third-order valence-corrected chi connectivity index (χ3v) is 1.97. The second-order valence-electron chi connectivity index (χ2n) is 1.95. The van der Waals surface area contributed by atoms with Crippen LogP contribution in [0.1, 0.15) is 26.2 Å². The zero-order valence-electron chi connectivity index (χ0n) is 6.10. The van der Waals surface area contributed by atoms with E-state index < -0.39 is 0 Å². The standard InChI is InChI=1S/C8H15S/c1-3-5-6-8-9-7-4-2/h4,7H,2-3,5-6,8H2,1H3/i8+1. The Bertz CT molecular complexity index is 59.6. The largest absolute Gasteiger partial charge is 0.153 e. The molecule has 0 saturated carbocycles. The van der Waals surface area contributed by atoms with Gasteiger partial charge in [0.2, 0.25) is 0 Å². The Balaban J connectivity index is 2.66. The second kappa shape index (κ2) is 8.09. The lowest BCUT2D eigenvalue weighted by Crippen LogP contribution is -1.76. The normalized spacial score (nSPS) is 9.44. The van der Waals surface area contributed by atoms with Gasteiger partial charge in [0.25, 0.3) is 0 Å². The van der Waals surface area contributed by atoms with E-state index in [1.807, 2.05) is 17.8 Å². The van der Waals surface area contributed by atoms with Crippen LogP contribution in [-0.4, -0.2) is 5.75 Å². The van der Waals surface area contributed by atoms with Gasteiger partial charge in [0, 0.05) is 5.75 Å². The zero-order chi connectivity index (χ0) is 6.95. The van der Waals surface area contributed by atoms with Gasteiger partial charge in [-0.1, -0.05) is 25.8 Å². The van der Waals surface area contributed by atoms with Gasteiger partial charge in [-0.05, 0) is 12.2 Å². The maximum Gasteiger partial charge on any atom is 0.0378 e. The maximum absolute atomic E-state index is 3.60. The van der Waals surface area contributed by atoms with Gasteiger partial charge in [0.05, 0.1) is 0 Å². The number of hydrogen-bond donors (Lipinski definition) is 0. The summed E-state index contributed by atoms with van der Waals surface area (Å²) in [6.45, 7) is 5.83. The second-order valence-corrected chi connectivity index (χ2v) is 2.96. The van der Waals surface area contributed by atoms with Crippen LogP contribution in [0.15, 0.2) is 12.7 Å². The summed E-state index contributed by atoms with van der Waals surface area (Å²) >= 11 is 1.85. The monoisotopic (exact) mass is 144 g/mol. The first kappa shape index (κ1) is 9.09. The fourth-order valence-corrected chi connectivity index (χ4v) is 1.21. The van der Waals surface area contributed by atoms with Gasteiger partial charge in [-0.2, -0.15) is 11.8 Å². The molecule has 1 heteroatoms. The van der Waals surface area contributed by atoms with Gasteiger partial charge < -0.3 is 0 Å². The third-order valence-electron chi connectivity index (χ3n) is 1.06. The Labute approximate surface area is 62.7 Å². The molecule has 0 amide bonds. The van der Waals surface area contributed by atoms with Crippen molar-refractivity contribution in [3.63, 3.8) is 0 Å². The van der Waals surface area contributed by atoms with Crippen molar-refractivity contribution >= 4 is 11.8 Å². The molecule has 0 aromatic heterocycles. The number of thioether (sulfide) groups is 1. The molecule has 0 rings (SSSR count). The minimum Gasteiger partial charge on any atom is -0.153 e. The molecule has 0 aliphatic rings. The first-order valence-electron chi connectivity index (χ1n) is 3.47. The first-order chi connectivity index (χ1) is 4.41. The van der Waals surface area contributed by atoms with Crippen LogP contribution < -0.4 is 0 Å². The van der Waals surface area contributed by atoms with Crippen LogP contribution >= 0.6 is 11.8 Å². The minimum atomic E-state index is 1.25. The van der Waals surface area contributed by atoms with Crippen LogP contribution in [0.4, 0.5) is 0 Å². The van der Waals surface area contributed by atoms with Crippen LogP contribution in [0, 0.1) is 5.75 Å². The zero-order valence-corrected chi connectivity index (χ0v) is 6.91. The van der Waals surface area contributed by atoms with Crippen LogP contribution in [-0.2, 0) is 0 Å². The summed E-state index contributed by atoms with van der Waals surface area (Å²) in [5.41, 5.74) is 0. The Hall–Kier alpha value is 0.0900. The van der Waals surface area contributed by atoms with Crippen molar-refractivity contribution in [2.75, 3.05) is 5.75 Å². The van der Waals surface area contributed by atoms with Crippen molar-refractivity contribution < 1.29 is 0 Å². The van der Waals surface area contributed by atoms with Crippen molar-refractivity contribution in [1.82, 2.24) is 0 Å². The van der Waals surface area contributed by atoms with Crippen LogP contribution in [0.3, 0.4) is 0 Å². The minimum absolute atomic E-state index is 1.25. The van der Waals surface area contributed by atoms with Gasteiger partial charge in [-0.3, -0.25) is 0 Å². The van der Waals surface area contributed by atoms with Gasteiger partial charge in [0.1, 0.15) is 0 Å². The van der Waals surface area contributed by atoms with E-state index in [1.54, 1.807) is 0 Å². The number of hydrogen-bond acceptors (Lipinski definition) is 1. The highest BCUT2D eigenvalue weighted by Gasteiger charge is 1.84. The van der Waals surface area contributed by atoms with E-state index in [9.17, 15) is 0 Å². The maximum atomic E-state index is 3.60. The lowest BCUT2D eigenvalue weighted by atomic mass is 10.3. The lowest BCUT2D eigenvalue weighted by Gasteiger charge is -1.94. The van der Waals surface area contributed by atoms with E-state index in [0.29, 0.717) is 0 Å². The highest BCUT2D eigenvalue weighted by atomic mass is 32.2. The van der Waals surface area contributed by atoms with E-state index in [-0.39, 0.29) is 0 Å². The van der Waals surface area contributed by atoms with Gasteiger partial charge in [0.15, 0.2) is 0 Å². The van der Waals surface area contributed by atoms with E-state index >= 15 is 0 Å². The van der Waals surface area contributed by atoms with Crippen molar-refractivity contribution in [1.29, 1.82) is 0 Å². The molecule has 0 atom stereocenters. The van der Waals surface area contributed by atoms with Crippen molar-refractivity contribution in [3.8, 4) is 0 Å². The first-order valence-corrected chi connectivity index (χ1v) is 4.52. The van der Waals surface area contributed by atoms with Crippen LogP contribution in [0.25, 0.3) is 0 Å². The molecule has 0 aromatic carbocycles. The van der Waals surface area contributed by atoms with Gasteiger partial charge in [-0.25, -0.2) is 0 Å². The summed E-state index contributed by atoms with van der Waals surface area (Å²) < 4.78 is 0. The summed E-state index contributed by atoms with van der Waals surface area (Å²) in [5, 5.41) is 0. The van der Waals surface area contributed by atoms with Crippen molar-refractivity contribution in [2.45, 2.75) is 26.2 Å². The molecule has 53 valence electrons. The smallest absolute Gasteiger partial charge is 0.0378 e. The molecular formula is C8H15S. The fraction of sp³-hybridized carbons (Fsp3) is 0.625. The van der Waals surface area contributed by atoms with Crippen LogP contribution in [0.2, 0.25) is 0 Å². The summed E-state index contributed by atoms with van der Waals surface area (Å²) in [6, 6.07) is 0. The highest BCUT2D eigenvalue weighted by molar-refractivity contribution is 8.01. The topological polar surface area (TPSA) is 0 Å². The predicted molar refractivity (Wildman–Crippen MR) is 46.5 cm³/mol. The average Bonchev–Trinajstić information content (AvgIpc) is 1.89. The molecule has 0 heterocycles. The molecule has 0 aliphatic carbocycles. The van der Waals surface area contributed by atoms with Gasteiger partial charge in [-0.15, -0.1) is 6.58 Å². The molecule has 1 radical (unpaired) electrons. The fourth-order valence-electron chi connectivity index (χ4n) is 0.571. The lowest BCUT2D eigenvalue weighted by molar-refractivity contribution is 0.779. The number of rotatable bonds is 6. The van der Waals surface area contributed by atoms with E-state index in [4.69, 9.17) is 0 Å². The van der Waals surface area contributed by atoms with E-state index in [1.165, 1.54) is 25.0 Å². The third kappa shape index (κ3) is 8.09. The quantitative estimate of drug-likeness (QED) is 0.407. The van der Waals surface area contributed by atoms with Crippen molar-refractivity contribution in [3.05, 3.63) is 18.4 Å². The Kier molecular flexibility index (Phi) is 8.17. The molecule has 0 fully saturated rings. The summed E-state index contributed by atoms with van der Waals surface area (Å²) in [4.78, 5) is 0. The SMILES string of the molecule is C=C[CH]S[13CH2]CCCC.